The van der Waals surface area contributed by atoms with Gasteiger partial charge in [-0.15, -0.1) is 0 Å². The second kappa shape index (κ2) is 5.80. The molecular formula is C15H15N5O2. The minimum Gasteiger partial charge on any atom is -0.481 e. The summed E-state index contributed by atoms with van der Waals surface area (Å²) in [5, 5.41) is 7.09. The molecule has 3 aromatic heterocycles. The van der Waals surface area contributed by atoms with Crippen LogP contribution in [0.2, 0.25) is 0 Å². The molecule has 0 unspecified atom stereocenters. The Hall–Kier alpha value is -2.96. The second-order valence-corrected chi connectivity index (χ2v) is 4.70. The van der Waals surface area contributed by atoms with Crippen LogP contribution in [0.25, 0.3) is 11.3 Å². The highest BCUT2D eigenvalue weighted by Gasteiger charge is 2.13. The standard InChI is InChI=1S/C15H15N5O2/c1-9-15(10(2)22-20-9)12-7-16-8-13(19-12)18-11-4-5-14(21-3)17-6-11/h4-8H,1-3H3,(H,18,19). The Bertz CT molecular complexity index is 763. The summed E-state index contributed by atoms with van der Waals surface area (Å²) in [6, 6.07) is 3.63. The van der Waals surface area contributed by atoms with E-state index >= 15 is 0 Å². The summed E-state index contributed by atoms with van der Waals surface area (Å²) in [5.74, 6) is 1.89. The monoisotopic (exact) mass is 297 g/mol. The Morgan fingerprint density at radius 2 is 2.00 bits per heavy atom. The molecule has 0 fully saturated rings. The van der Waals surface area contributed by atoms with Gasteiger partial charge in [0.2, 0.25) is 5.88 Å². The quantitative estimate of drug-likeness (QED) is 0.792. The number of hydrogen-bond donors (Lipinski definition) is 1. The lowest BCUT2D eigenvalue weighted by Gasteiger charge is -2.07. The van der Waals surface area contributed by atoms with E-state index in [4.69, 9.17) is 9.26 Å². The number of hydrogen-bond acceptors (Lipinski definition) is 7. The fourth-order valence-electron chi connectivity index (χ4n) is 2.12. The third-order valence-corrected chi connectivity index (χ3v) is 3.14. The molecule has 22 heavy (non-hydrogen) atoms. The van der Waals surface area contributed by atoms with Crippen molar-refractivity contribution in [3.05, 3.63) is 42.2 Å². The van der Waals surface area contributed by atoms with Gasteiger partial charge in [-0.05, 0) is 19.9 Å². The Kier molecular flexibility index (Phi) is 3.69. The minimum absolute atomic E-state index is 0.557. The maximum absolute atomic E-state index is 5.17. The summed E-state index contributed by atoms with van der Waals surface area (Å²) in [6.07, 6.45) is 5.00. The average molecular weight is 297 g/mol. The summed E-state index contributed by atoms with van der Waals surface area (Å²) in [5.41, 5.74) is 3.16. The molecule has 0 aliphatic heterocycles. The normalized spacial score (nSPS) is 10.5. The summed E-state index contributed by atoms with van der Waals surface area (Å²) in [6.45, 7) is 3.73. The van der Waals surface area contributed by atoms with E-state index in [-0.39, 0.29) is 0 Å². The van der Waals surface area contributed by atoms with Crippen molar-refractivity contribution in [2.75, 3.05) is 12.4 Å². The van der Waals surface area contributed by atoms with Crippen molar-refractivity contribution < 1.29 is 9.26 Å². The van der Waals surface area contributed by atoms with Crippen LogP contribution in [0.5, 0.6) is 5.88 Å². The van der Waals surface area contributed by atoms with Crippen LogP contribution < -0.4 is 10.1 Å². The van der Waals surface area contributed by atoms with Gasteiger partial charge in [-0.1, -0.05) is 5.16 Å². The Balaban J connectivity index is 1.88. The maximum atomic E-state index is 5.17. The number of ether oxygens (including phenoxy) is 1. The zero-order valence-electron chi connectivity index (χ0n) is 12.5. The third-order valence-electron chi connectivity index (χ3n) is 3.14. The van der Waals surface area contributed by atoms with Crippen LogP contribution in [-0.4, -0.2) is 27.2 Å². The van der Waals surface area contributed by atoms with E-state index in [2.05, 4.69) is 25.4 Å². The number of rotatable bonds is 4. The first-order valence-corrected chi connectivity index (χ1v) is 6.69. The molecule has 3 heterocycles. The van der Waals surface area contributed by atoms with Gasteiger partial charge in [-0.25, -0.2) is 9.97 Å². The van der Waals surface area contributed by atoms with Gasteiger partial charge in [0.05, 0.1) is 48.3 Å². The largest absolute Gasteiger partial charge is 0.481 e. The lowest BCUT2D eigenvalue weighted by Crippen LogP contribution is -1.98. The smallest absolute Gasteiger partial charge is 0.213 e. The fourth-order valence-corrected chi connectivity index (χ4v) is 2.12. The topological polar surface area (TPSA) is 86.0 Å². The van der Waals surface area contributed by atoms with Crippen molar-refractivity contribution in [2.45, 2.75) is 13.8 Å². The number of nitrogens with zero attached hydrogens (tertiary/aromatic N) is 4. The minimum atomic E-state index is 0.557. The van der Waals surface area contributed by atoms with Gasteiger partial charge in [-0.2, -0.15) is 0 Å². The summed E-state index contributed by atoms with van der Waals surface area (Å²) in [4.78, 5) is 12.9. The zero-order valence-corrected chi connectivity index (χ0v) is 12.5. The predicted octanol–water partition coefficient (Wildman–Crippen LogP) is 2.90. The molecular weight excluding hydrogens is 282 g/mol. The lowest BCUT2D eigenvalue weighted by molar-refractivity contribution is 0.393. The van der Waals surface area contributed by atoms with Gasteiger partial charge in [-0.3, -0.25) is 4.98 Å². The first-order chi connectivity index (χ1) is 10.7. The molecule has 0 atom stereocenters. The highest BCUT2D eigenvalue weighted by molar-refractivity contribution is 5.65. The number of methoxy groups -OCH3 is 1. The molecule has 7 heteroatoms. The van der Waals surface area contributed by atoms with Gasteiger partial charge in [0.1, 0.15) is 11.6 Å². The molecule has 3 rings (SSSR count). The van der Waals surface area contributed by atoms with Crippen molar-refractivity contribution in [1.29, 1.82) is 0 Å². The molecule has 0 aliphatic rings. The molecule has 0 saturated heterocycles. The molecule has 0 aliphatic carbocycles. The molecule has 0 radical (unpaired) electrons. The Morgan fingerprint density at radius 1 is 1.14 bits per heavy atom. The highest BCUT2D eigenvalue weighted by atomic mass is 16.5. The Labute approximate surface area is 127 Å². The summed E-state index contributed by atoms with van der Waals surface area (Å²) >= 11 is 0. The van der Waals surface area contributed by atoms with Crippen LogP contribution in [0.15, 0.2) is 35.2 Å². The van der Waals surface area contributed by atoms with E-state index in [1.807, 2.05) is 19.9 Å². The molecule has 0 spiro atoms. The molecule has 112 valence electrons. The number of nitrogens with one attached hydrogen (secondary N) is 1. The van der Waals surface area contributed by atoms with Crippen LogP contribution in [0, 0.1) is 13.8 Å². The van der Waals surface area contributed by atoms with Crippen molar-refractivity contribution in [1.82, 2.24) is 20.1 Å². The SMILES string of the molecule is COc1ccc(Nc2cncc(-c3c(C)noc3C)n2)cn1. The number of anilines is 2. The first kappa shape index (κ1) is 14.0. The fraction of sp³-hybridized carbons (Fsp3) is 0.200. The van der Waals surface area contributed by atoms with E-state index in [1.54, 1.807) is 31.8 Å². The molecule has 0 saturated carbocycles. The average Bonchev–Trinajstić information content (AvgIpc) is 2.87. The van der Waals surface area contributed by atoms with Crippen LogP contribution >= 0.6 is 0 Å². The van der Waals surface area contributed by atoms with Gasteiger partial charge in [0, 0.05) is 6.07 Å². The summed E-state index contributed by atoms with van der Waals surface area (Å²) < 4.78 is 10.2. The van der Waals surface area contributed by atoms with Crippen molar-refractivity contribution >= 4 is 11.5 Å². The van der Waals surface area contributed by atoms with Gasteiger partial charge < -0.3 is 14.6 Å². The van der Waals surface area contributed by atoms with Crippen molar-refractivity contribution in [3.63, 3.8) is 0 Å². The van der Waals surface area contributed by atoms with Gasteiger partial charge in [0.15, 0.2) is 0 Å². The summed E-state index contributed by atoms with van der Waals surface area (Å²) in [7, 11) is 1.58. The zero-order chi connectivity index (χ0) is 15.5. The highest BCUT2D eigenvalue weighted by Crippen LogP contribution is 2.26. The van der Waals surface area contributed by atoms with E-state index in [0.717, 1.165) is 22.7 Å². The predicted molar refractivity (Wildman–Crippen MR) is 81.1 cm³/mol. The molecule has 7 nitrogen and oxygen atoms in total. The molecule has 0 amide bonds. The van der Waals surface area contributed by atoms with E-state index in [0.29, 0.717) is 17.4 Å². The number of aromatic nitrogens is 4. The number of aryl methyl sites for hydroxylation is 2. The van der Waals surface area contributed by atoms with E-state index in [1.165, 1.54) is 0 Å². The molecule has 0 bridgehead atoms. The second-order valence-electron chi connectivity index (χ2n) is 4.70. The first-order valence-electron chi connectivity index (χ1n) is 6.69. The van der Waals surface area contributed by atoms with Crippen LogP contribution in [-0.2, 0) is 0 Å². The molecule has 0 aromatic carbocycles. The Morgan fingerprint density at radius 3 is 2.64 bits per heavy atom. The molecule has 1 N–H and O–H groups in total. The lowest BCUT2D eigenvalue weighted by atomic mass is 10.1. The number of pyridine rings is 1. The maximum Gasteiger partial charge on any atom is 0.213 e. The molecule has 3 aromatic rings. The van der Waals surface area contributed by atoms with Crippen molar-refractivity contribution in [3.8, 4) is 17.1 Å². The van der Waals surface area contributed by atoms with Crippen LogP contribution in [0.1, 0.15) is 11.5 Å². The van der Waals surface area contributed by atoms with Gasteiger partial charge in [0.25, 0.3) is 0 Å². The van der Waals surface area contributed by atoms with Crippen LogP contribution in [0.4, 0.5) is 11.5 Å². The third kappa shape index (κ3) is 2.73. The van der Waals surface area contributed by atoms with E-state index in [9.17, 15) is 0 Å². The van der Waals surface area contributed by atoms with Gasteiger partial charge >= 0.3 is 0 Å². The van der Waals surface area contributed by atoms with Crippen molar-refractivity contribution in [2.24, 2.45) is 0 Å². The van der Waals surface area contributed by atoms with Crippen LogP contribution in [0.3, 0.4) is 0 Å². The van der Waals surface area contributed by atoms with E-state index < -0.39 is 0 Å².